The highest BCUT2D eigenvalue weighted by molar-refractivity contribution is 5.95. The topological polar surface area (TPSA) is 186 Å². The predicted molar refractivity (Wildman–Crippen MR) is 176 cm³/mol. The molecule has 19 heteroatoms. The van der Waals surface area contributed by atoms with Gasteiger partial charge in [0.2, 0.25) is 0 Å². The average molecular weight is 765 g/mol. The Morgan fingerprint density at radius 2 is 1.25 bits per heavy atom. The van der Waals surface area contributed by atoms with Crippen molar-refractivity contribution in [3.63, 3.8) is 0 Å². The molecule has 0 spiro atoms. The van der Waals surface area contributed by atoms with Gasteiger partial charge in [-0.3, -0.25) is 14.4 Å². The first-order valence-electron chi connectivity index (χ1n) is 17.3. The monoisotopic (exact) mass is 764 g/mol. The first-order chi connectivity index (χ1) is 25.1. The molecule has 0 radical (unpaired) electrons. The minimum atomic E-state index is -2.00. The van der Waals surface area contributed by atoms with Gasteiger partial charge in [0.05, 0.1) is 45.2 Å². The van der Waals surface area contributed by atoms with E-state index in [0.717, 1.165) is 0 Å². The van der Waals surface area contributed by atoms with Crippen molar-refractivity contribution in [2.45, 2.75) is 79.4 Å². The molecule has 298 valence electrons. The van der Waals surface area contributed by atoms with Gasteiger partial charge in [-0.25, -0.2) is 17.6 Å². The van der Waals surface area contributed by atoms with Crippen LogP contribution in [0.25, 0.3) is 10.4 Å². The van der Waals surface area contributed by atoms with Gasteiger partial charge in [-0.2, -0.15) is 0 Å². The molecule has 2 aliphatic heterocycles. The minimum absolute atomic E-state index is 0.00536. The van der Waals surface area contributed by atoms with Crippen molar-refractivity contribution in [3.8, 4) is 0 Å². The van der Waals surface area contributed by atoms with Crippen LogP contribution in [0.4, 0.5) is 23.2 Å². The number of carbonyl (C=O) groups excluding carboxylic acids is 3. The zero-order valence-electron chi connectivity index (χ0n) is 30.8. The van der Waals surface area contributed by atoms with E-state index < -0.39 is 77.2 Å². The molecule has 0 bridgehead atoms. The van der Waals surface area contributed by atoms with Gasteiger partial charge in [-0.05, 0) is 23.3 Å². The molecule has 1 amide bonds. The van der Waals surface area contributed by atoms with E-state index in [2.05, 4.69) is 22.3 Å². The van der Waals surface area contributed by atoms with Crippen LogP contribution in [0.2, 0.25) is 0 Å². The summed E-state index contributed by atoms with van der Waals surface area (Å²) >= 11 is 0. The van der Waals surface area contributed by atoms with Crippen LogP contribution >= 0.6 is 0 Å². The summed E-state index contributed by atoms with van der Waals surface area (Å²) in [5.74, 6) is -10.3. The molecule has 2 fully saturated rings. The fourth-order valence-corrected chi connectivity index (χ4v) is 6.00. The van der Waals surface area contributed by atoms with E-state index >= 15 is 0 Å². The van der Waals surface area contributed by atoms with Gasteiger partial charge in [-0.15, -0.1) is 0 Å². The van der Waals surface area contributed by atoms with Crippen molar-refractivity contribution in [1.82, 2.24) is 5.32 Å². The summed E-state index contributed by atoms with van der Waals surface area (Å²) in [5, 5.41) is 4.66. The van der Waals surface area contributed by atoms with Gasteiger partial charge in [-0.1, -0.05) is 39.7 Å². The molecule has 2 aliphatic rings. The van der Waals surface area contributed by atoms with Crippen molar-refractivity contribution in [2.75, 3.05) is 52.8 Å². The summed E-state index contributed by atoms with van der Waals surface area (Å²) in [7, 11) is 0. The Balaban J connectivity index is 1.43. The van der Waals surface area contributed by atoms with Crippen LogP contribution in [0.1, 0.15) is 58.8 Å². The maximum atomic E-state index is 14.2. The van der Waals surface area contributed by atoms with Crippen LogP contribution in [0.3, 0.4) is 0 Å². The number of nitrogens with zero attached hydrogens (tertiary/aromatic N) is 3. The Bertz CT molecular complexity index is 1440. The summed E-state index contributed by atoms with van der Waals surface area (Å²) in [6, 6.07) is 0. The molecular formula is C34H48F4N4O11. The van der Waals surface area contributed by atoms with E-state index in [-0.39, 0.29) is 88.5 Å². The van der Waals surface area contributed by atoms with Crippen LogP contribution in [-0.2, 0) is 47.5 Å². The highest BCUT2D eigenvalue weighted by atomic mass is 19.2. The van der Waals surface area contributed by atoms with Crippen LogP contribution in [-0.4, -0.2) is 102 Å². The second kappa shape index (κ2) is 20.8. The van der Waals surface area contributed by atoms with Gasteiger partial charge < -0.3 is 43.2 Å². The number of hydrogen-bond donors (Lipinski definition) is 1. The zero-order chi connectivity index (χ0) is 39.4. The van der Waals surface area contributed by atoms with E-state index in [1.54, 1.807) is 0 Å². The number of ether oxygens (including phenoxy) is 8. The van der Waals surface area contributed by atoms with Crippen LogP contribution < -0.4 is 5.32 Å². The lowest BCUT2D eigenvalue weighted by Gasteiger charge is -2.48. The smallest absolute Gasteiger partial charge is 0.302 e. The third-order valence-electron chi connectivity index (χ3n) is 9.65. The Kier molecular flexibility index (Phi) is 17.2. The number of azide groups is 1. The van der Waals surface area contributed by atoms with Gasteiger partial charge in [0.1, 0.15) is 30.6 Å². The highest BCUT2D eigenvalue weighted by Gasteiger charge is 2.47. The summed E-state index contributed by atoms with van der Waals surface area (Å²) < 4.78 is 103. The summed E-state index contributed by atoms with van der Waals surface area (Å²) in [5.41, 5.74) is 5.29. The quantitative estimate of drug-likeness (QED) is 0.0399. The molecule has 0 aromatic heterocycles. The second-order valence-electron chi connectivity index (χ2n) is 13.1. The molecule has 1 N–H and O–H groups in total. The third kappa shape index (κ3) is 11.7. The van der Waals surface area contributed by atoms with Crippen LogP contribution in [0.15, 0.2) is 5.11 Å². The van der Waals surface area contributed by atoms with Crippen LogP contribution in [0.5, 0.6) is 0 Å². The number of benzene rings is 1. The van der Waals surface area contributed by atoms with Crippen molar-refractivity contribution < 1.29 is 69.8 Å². The standard InChI is InChI=1S/C34H48F4N4O11/c1-16-17(2)23(14-49-21(6)43)51-34(19(16)4)53-31-18(3)20(5)33(52-24(31)15-50-22(7)44)48-13-12-47-11-10-46-9-8-40-32(45)25-26(35)28(37)30(41-42-39)29(38)27(25)36/h16-20,23-24,31,33-34H,8-15H2,1-7H3,(H,40,45)/t16-,17+,18+,19?,20?,23?,24?,31-,33+,34-/m0/s1. The number of nitrogens with one attached hydrogen (secondary N) is 1. The average Bonchev–Trinajstić information content (AvgIpc) is 3.11. The molecule has 2 saturated heterocycles. The number of halogens is 4. The number of hydrogen-bond acceptors (Lipinski definition) is 12. The Morgan fingerprint density at radius 3 is 1.83 bits per heavy atom. The molecule has 15 nitrogen and oxygen atoms in total. The maximum Gasteiger partial charge on any atom is 0.302 e. The van der Waals surface area contributed by atoms with E-state index in [0.29, 0.717) is 0 Å². The Labute approximate surface area is 304 Å². The van der Waals surface area contributed by atoms with E-state index in [1.165, 1.54) is 13.8 Å². The van der Waals surface area contributed by atoms with Crippen LogP contribution in [0, 0.1) is 52.9 Å². The van der Waals surface area contributed by atoms with Gasteiger partial charge in [0, 0.05) is 37.1 Å². The maximum absolute atomic E-state index is 14.2. The molecule has 0 aliphatic carbocycles. The molecule has 53 heavy (non-hydrogen) atoms. The molecule has 10 atom stereocenters. The lowest BCUT2D eigenvalue weighted by Crippen LogP contribution is -2.56. The van der Waals surface area contributed by atoms with E-state index in [1.807, 2.05) is 27.7 Å². The highest BCUT2D eigenvalue weighted by Crippen LogP contribution is 2.40. The van der Waals surface area contributed by atoms with Crippen molar-refractivity contribution in [1.29, 1.82) is 0 Å². The molecule has 1 aromatic rings. The minimum Gasteiger partial charge on any atom is -0.463 e. The first kappa shape index (κ1) is 43.8. The van der Waals surface area contributed by atoms with Gasteiger partial charge in [0.15, 0.2) is 35.8 Å². The molecule has 3 rings (SSSR count). The SMILES string of the molecule is CC(=O)OCC1O[C@@H](OCCOCCOCCNC(=O)c2c(F)c(F)c(N=[N+]=[N-])c(F)c2F)C(C)[C@@H](C)[C@@H]1O[C@@H]1OC(COC(C)=O)[C@H](C)[C@H](C)C1C. The number of amides is 1. The zero-order valence-corrected chi connectivity index (χ0v) is 30.8. The molecule has 1 aromatic carbocycles. The molecular weight excluding hydrogens is 716 g/mol. The molecule has 2 heterocycles. The summed E-state index contributed by atoms with van der Waals surface area (Å²) in [6.45, 7) is 12.9. The molecule has 0 saturated carbocycles. The number of esters is 2. The Hall–Kier alpha value is -3.58. The first-order valence-corrected chi connectivity index (χ1v) is 17.3. The lowest BCUT2D eigenvalue weighted by molar-refractivity contribution is -0.329. The Morgan fingerprint density at radius 1 is 0.717 bits per heavy atom. The van der Waals surface area contributed by atoms with Crippen molar-refractivity contribution in [2.24, 2.45) is 34.7 Å². The van der Waals surface area contributed by atoms with E-state index in [9.17, 15) is 31.9 Å². The summed E-state index contributed by atoms with van der Waals surface area (Å²) in [6.07, 6.45) is -2.86. The lowest BCUT2D eigenvalue weighted by atomic mass is 9.78. The van der Waals surface area contributed by atoms with Crippen molar-refractivity contribution in [3.05, 3.63) is 39.3 Å². The van der Waals surface area contributed by atoms with Gasteiger partial charge >= 0.3 is 11.9 Å². The third-order valence-corrected chi connectivity index (χ3v) is 9.65. The second-order valence-corrected chi connectivity index (χ2v) is 13.1. The largest absolute Gasteiger partial charge is 0.463 e. The number of carbonyl (C=O) groups is 3. The molecule has 4 unspecified atom stereocenters. The summed E-state index contributed by atoms with van der Waals surface area (Å²) in [4.78, 5) is 37.4. The fourth-order valence-electron chi connectivity index (χ4n) is 6.00. The normalized spacial score (nSPS) is 28.5. The number of rotatable bonds is 18. The van der Waals surface area contributed by atoms with Crippen molar-refractivity contribution >= 4 is 23.5 Å². The van der Waals surface area contributed by atoms with E-state index in [4.69, 9.17) is 43.4 Å². The predicted octanol–water partition coefficient (Wildman–Crippen LogP) is 5.11. The van der Waals surface area contributed by atoms with Gasteiger partial charge in [0.25, 0.3) is 5.91 Å². The fraction of sp³-hybridized carbons (Fsp3) is 0.735.